The fourth-order valence-electron chi connectivity index (χ4n) is 9.80. The molecule has 1 atom stereocenters. The zero-order valence-electron chi connectivity index (χ0n) is 31.3. The van der Waals surface area contributed by atoms with Gasteiger partial charge in [-0.05, 0) is 117 Å². The van der Waals surface area contributed by atoms with Gasteiger partial charge in [0.15, 0.2) is 0 Å². The fourth-order valence-corrected chi connectivity index (χ4v) is 9.80. The van der Waals surface area contributed by atoms with Crippen LogP contribution in [0.25, 0.3) is 105 Å². The van der Waals surface area contributed by atoms with Gasteiger partial charge in [0.05, 0.1) is 11.0 Å². The Morgan fingerprint density at radius 2 is 0.879 bits per heavy atom. The van der Waals surface area contributed by atoms with Crippen molar-refractivity contribution >= 4 is 65.7 Å². The standard InChI is InChI=1S/C55H33NO2/c1-3-11-33(12-4-1)55-43-17-8-7-15-39(43)45-27-34(21-25-44(45)55)36-19-23-41-47-31-48-42-24-20-37(30-52(42)58-54(48)32-53(47)57-51(41)29-36)35-22-26-50-46(28-35)40-16-9-10-18-49(40)56(50)38-13-5-2-6-14-38/h1-32,55H. The van der Waals surface area contributed by atoms with Crippen LogP contribution in [-0.4, -0.2) is 4.57 Å². The molecule has 270 valence electrons. The van der Waals surface area contributed by atoms with E-state index in [1.165, 1.54) is 55.2 Å². The molecule has 0 saturated heterocycles. The summed E-state index contributed by atoms with van der Waals surface area (Å²) < 4.78 is 15.5. The van der Waals surface area contributed by atoms with Gasteiger partial charge < -0.3 is 13.4 Å². The van der Waals surface area contributed by atoms with E-state index < -0.39 is 0 Å². The van der Waals surface area contributed by atoms with E-state index in [1.807, 2.05) is 0 Å². The maximum atomic E-state index is 6.58. The molecule has 58 heavy (non-hydrogen) atoms. The van der Waals surface area contributed by atoms with E-state index in [4.69, 9.17) is 8.83 Å². The summed E-state index contributed by atoms with van der Waals surface area (Å²) in [6.07, 6.45) is 0. The van der Waals surface area contributed by atoms with Crippen molar-refractivity contribution in [1.82, 2.24) is 4.57 Å². The molecule has 9 aromatic carbocycles. The Labute approximate surface area is 333 Å². The number of rotatable bonds is 4. The smallest absolute Gasteiger partial charge is 0.139 e. The number of aromatic nitrogens is 1. The quantitative estimate of drug-likeness (QED) is 0.180. The van der Waals surface area contributed by atoms with Crippen LogP contribution in [0.5, 0.6) is 0 Å². The number of hydrogen-bond donors (Lipinski definition) is 0. The van der Waals surface area contributed by atoms with Crippen molar-refractivity contribution in [3.8, 4) is 39.1 Å². The van der Waals surface area contributed by atoms with Gasteiger partial charge in [-0.2, -0.15) is 0 Å². The lowest BCUT2D eigenvalue weighted by Gasteiger charge is -2.14. The summed E-state index contributed by atoms with van der Waals surface area (Å²) in [6.45, 7) is 0. The predicted octanol–water partition coefficient (Wildman–Crippen LogP) is 15.1. The van der Waals surface area contributed by atoms with E-state index in [9.17, 15) is 0 Å². The summed E-state index contributed by atoms with van der Waals surface area (Å²) in [5, 5.41) is 6.85. The molecule has 1 unspecified atom stereocenters. The summed E-state index contributed by atoms with van der Waals surface area (Å²) in [6, 6.07) is 70.2. The Morgan fingerprint density at radius 1 is 0.328 bits per heavy atom. The zero-order valence-corrected chi connectivity index (χ0v) is 31.3. The van der Waals surface area contributed by atoms with Gasteiger partial charge in [0.25, 0.3) is 0 Å². The Morgan fingerprint density at radius 3 is 1.64 bits per heavy atom. The van der Waals surface area contributed by atoms with E-state index in [0.717, 1.165) is 66.3 Å². The van der Waals surface area contributed by atoms with Gasteiger partial charge in [-0.15, -0.1) is 0 Å². The normalized spacial score (nSPS) is 13.7. The Balaban J connectivity index is 0.874. The monoisotopic (exact) mass is 739 g/mol. The molecule has 0 spiro atoms. The Hall–Kier alpha value is -7.62. The van der Waals surface area contributed by atoms with Gasteiger partial charge in [0.2, 0.25) is 0 Å². The molecule has 12 aromatic rings. The van der Waals surface area contributed by atoms with Crippen molar-refractivity contribution in [3.63, 3.8) is 0 Å². The van der Waals surface area contributed by atoms with Gasteiger partial charge in [-0.25, -0.2) is 0 Å². The van der Waals surface area contributed by atoms with Crippen LogP contribution >= 0.6 is 0 Å². The average Bonchev–Trinajstić information content (AvgIpc) is 4.02. The van der Waals surface area contributed by atoms with Crippen molar-refractivity contribution in [2.24, 2.45) is 0 Å². The van der Waals surface area contributed by atoms with E-state index in [-0.39, 0.29) is 5.92 Å². The zero-order chi connectivity index (χ0) is 37.9. The van der Waals surface area contributed by atoms with Crippen molar-refractivity contribution in [3.05, 3.63) is 211 Å². The first-order chi connectivity index (χ1) is 28.7. The van der Waals surface area contributed by atoms with Crippen LogP contribution < -0.4 is 0 Å². The predicted molar refractivity (Wildman–Crippen MR) is 239 cm³/mol. The molecule has 0 bridgehead atoms. The van der Waals surface area contributed by atoms with Crippen LogP contribution in [0, 0.1) is 0 Å². The molecule has 1 aliphatic carbocycles. The number of furan rings is 2. The number of nitrogens with zero attached hydrogens (tertiary/aromatic N) is 1. The molecule has 3 nitrogen and oxygen atoms in total. The fraction of sp³-hybridized carbons (Fsp3) is 0.0182. The molecule has 0 amide bonds. The second-order valence-electron chi connectivity index (χ2n) is 15.6. The third-order valence-electron chi connectivity index (χ3n) is 12.5. The SMILES string of the molecule is c1ccc(C2c3ccccc3-c3cc(-c4ccc5c(c4)oc4cc6oc7cc(-c8ccc9c(c8)c8ccccc8n9-c8ccccc8)ccc7c6cc45)ccc32)cc1. The van der Waals surface area contributed by atoms with Crippen molar-refractivity contribution in [1.29, 1.82) is 0 Å². The molecular weight excluding hydrogens is 707 g/mol. The Bertz CT molecular complexity index is 3620. The second kappa shape index (κ2) is 11.9. The molecule has 0 fully saturated rings. The number of para-hydroxylation sites is 2. The van der Waals surface area contributed by atoms with E-state index >= 15 is 0 Å². The first-order valence-electron chi connectivity index (χ1n) is 19.9. The molecular formula is C55H33NO2. The van der Waals surface area contributed by atoms with E-state index in [1.54, 1.807) is 0 Å². The summed E-state index contributed by atoms with van der Waals surface area (Å²) >= 11 is 0. The third-order valence-corrected chi connectivity index (χ3v) is 12.5. The second-order valence-corrected chi connectivity index (χ2v) is 15.6. The van der Waals surface area contributed by atoms with Gasteiger partial charge in [0.1, 0.15) is 22.3 Å². The highest BCUT2D eigenvalue weighted by atomic mass is 16.3. The first kappa shape index (κ1) is 31.6. The number of fused-ring (bicyclic) bond motifs is 12. The molecule has 13 rings (SSSR count). The molecule has 1 aliphatic rings. The van der Waals surface area contributed by atoms with Crippen LogP contribution in [0.2, 0.25) is 0 Å². The summed E-state index contributed by atoms with van der Waals surface area (Å²) in [5.74, 6) is 0.240. The molecule has 0 saturated carbocycles. The van der Waals surface area contributed by atoms with Crippen LogP contribution in [-0.2, 0) is 0 Å². The van der Waals surface area contributed by atoms with Crippen LogP contribution in [0.4, 0.5) is 0 Å². The van der Waals surface area contributed by atoms with Crippen molar-refractivity contribution in [2.75, 3.05) is 0 Å². The molecule has 0 N–H and O–H groups in total. The lowest BCUT2D eigenvalue weighted by molar-refractivity contribution is 0.656. The highest BCUT2D eigenvalue weighted by Crippen LogP contribution is 2.49. The maximum Gasteiger partial charge on any atom is 0.139 e. The molecule has 3 heterocycles. The maximum absolute atomic E-state index is 6.58. The topological polar surface area (TPSA) is 31.2 Å². The molecule has 3 aromatic heterocycles. The minimum absolute atomic E-state index is 0.240. The number of hydrogen-bond acceptors (Lipinski definition) is 2. The summed E-state index contributed by atoms with van der Waals surface area (Å²) in [4.78, 5) is 0. The van der Waals surface area contributed by atoms with Gasteiger partial charge >= 0.3 is 0 Å². The average molecular weight is 740 g/mol. The van der Waals surface area contributed by atoms with Gasteiger partial charge in [0, 0.05) is 50.0 Å². The lowest BCUT2D eigenvalue weighted by Crippen LogP contribution is -1.98. The summed E-state index contributed by atoms with van der Waals surface area (Å²) in [7, 11) is 0. The van der Waals surface area contributed by atoms with Crippen LogP contribution in [0.3, 0.4) is 0 Å². The minimum atomic E-state index is 0.240. The summed E-state index contributed by atoms with van der Waals surface area (Å²) in [5.41, 5.74) is 18.2. The van der Waals surface area contributed by atoms with Crippen molar-refractivity contribution < 1.29 is 8.83 Å². The minimum Gasteiger partial charge on any atom is -0.456 e. The van der Waals surface area contributed by atoms with Gasteiger partial charge in [-0.3, -0.25) is 0 Å². The van der Waals surface area contributed by atoms with Crippen LogP contribution in [0.15, 0.2) is 203 Å². The van der Waals surface area contributed by atoms with E-state index in [2.05, 4.69) is 199 Å². The highest BCUT2D eigenvalue weighted by Gasteiger charge is 2.30. The largest absolute Gasteiger partial charge is 0.456 e. The lowest BCUT2D eigenvalue weighted by atomic mass is 9.89. The highest BCUT2D eigenvalue weighted by molar-refractivity contribution is 6.16. The van der Waals surface area contributed by atoms with Gasteiger partial charge in [-0.1, -0.05) is 121 Å². The number of benzene rings is 9. The molecule has 0 radical (unpaired) electrons. The van der Waals surface area contributed by atoms with Crippen LogP contribution in [0.1, 0.15) is 22.6 Å². The molecule has 0 aliphatic heterocycles. The van der Waals surface area contributed by atoms with E-state index in [0.29, 0.717) is 0 Å². The Kier molecular flexibility index (Phi) is 6.50. The molecule has 3 heteroatoms. The first-order valence-corrected chi connectivity index (χ1v) is 19.9. The third kappa shape index (κ3) is 4.56. The van der Waals surface area contributed by atoms with Crippen molar-refractivity contribution in [2.45, 2.75) is 5.92 Å².